The average Bonchev–Trinajstić information content (AvgIpc) is 3.17. The van der Waals surface area contributed by atoms with Gasteiger partial charge in [-0.2, -0.15) is 5.10 Å². The molecule has 132 valence electrons. The van der Waals surface area contributed by atoms with E-state index in [4.69, 9.17) is 4.99 Å². The number of hydrogen-bond acceptors (Lipinski definition) is 4. The van der Waals surface area contributed by atoms with Crippen molar-refractivity contribution in [1.82, 2.24) is 34.8 Å². The fourth-order valence-corrected chi connectivity index (χ4v) is 2.32. The second-order valence-corrected chi connectivity index (χ2v) is 6.16. The molecule has 1 fully saturated rings. The van der Waals surface area contributed by atoms with E-state index < -0.39 is 0 Å². The Balaban J connectivity index is 0.00000208. The molecule has 1 aliphatic carbocycles. The minimum Gasteiger partial charge on any atom is -0.353 e. The Morgan fingerprint density at radius 1 is 1.38 bits per heavy atom. The van der Waals surface area contributed by atoms with Crippen LogP contribution in [-0.4, -0.2) is 48.5 Å². The van der Waals surface area contributed by atoms with E-state index in [1.165, 1.54) is 12.8 Å². The highest BCUT2D eigenvalue weighted by molar-refractivity contribution is 14.0. The standard InChI is InChI=1S/C15H24N8.HI/c1-11-19-20-14(23(11)4)8-16-15(18-13-5-6-13)21(2)9-12-7-17-22(3)10-12;/h7,10,13H,5-6,8-9H2,1-4H3,(H,16,18);1H. The monoisotopic (exact) mass is 444 g/mol. The molecule has 1 saturated carbocycles. The summed E-state index contributed by atoms with van der Waals surface area (Å²) in [5.74, 6) is 2.67. The molecule has 0 amide bonds. The lowest BCUT2D eigenvalue weighted by Gasteiger charge is -2.21. The van der Waals surface area contributed by atoms with Crippen molar-refractivity contribution >= 4 is 29.9 Å². The molecule has 0 aliphatic heterocycles. The van der Waals surface area contributed by atoms with Gasteiger partial charge in [-0.25, -0.2) is 4.99 Å². The molecule has 1 aliphatic rings. The number of guanidine groups is 1. The van der Waals surface area contributed by atoms with Gasteiger partial charge < -0.3 is 14.8 Å². The third-order valence-electron chi connectivity index (χ3n) is 4.00. The number of rotatable bonds is 5. The highest BCUT2D eigenvalue weighted by atomic mass is 127. The quantitative estimate of drug-likeness (QED) is 0.427. The van der Waals surface area contributed by atoms with Gasteiger partial charge in [0.05, 0.1) is 6.20 Å². The van der Waals surface area contributed by atoms with Crippen molar-refractivity contribution in [3.63, 3.8) is 0 Å². The number of aliphatic imine (C=N–C) groups is 1. The number of nitrogens with zero attached hydrogens (tertiary/aromatic N) is 7. The summed E-state index contributed by atoms with van der Waals surface area (Å²) in [6, 6.07) is 0.548. The lowest BCUT2D eigenvalue weighted by atomic mass is 10.3. The molecule has 0 radical (unpaired) electrons. The van der Waals surface area contributed by atoms with Crippen molar-refractivity contribution in [2.45, 2.75) is 38.9 Å². The number of nitrogens with one attached hydrogen (secondary N) is 1. The zero-order chi connectivity index (χ0) is 16.4. The summed E-state index contributed by atoms with van der Waals surface area (Å²) in [5, 5.41) is 16.0. The molecule has 0 atom stereocenters. The first-order chi connectivity index (χ1) is 11.0. The van der Waals surface area contributed by atoms with Crippen molar-refractivity contribution in [2.24, 2.45) is 19.1 Å². The maximum atomic E-state index is 4.73. The lowest BCUT2D eigenvalue weighted by Crippen LogP contribution is -2.39. The van der Waals surface area contributed by atoms with Crippen LogP contribution in [0.1, 0.15) is 30.1 Å². The smallest absolute Gasteiger partial charge is 0.194 e. The van der Waals surface area contributed by atoms with Crippen molar-refractivity contribution in [3.05, 3.63) is 29.6 Å². The Morgan fingerprint density at radius 2 is 2.12 bits per heavy atom. The van der Waals surface area contributed by atoms with E-state index in [1.807, 2.05) is 49.7 Å². The maximum absolute atomic E-state index is 4.73. The molecule has 3 rings (SSSR count). The van der Waals surface area contributed by atoms with Crippen LogP contribution in [0.2, 0.25) is 0 Å². The largest absolute Gasteiger partial charge is 0.353 e. The summed E-state index contributed by atoms with van der Waals surface area (Å²) in [7, 11) is 5.94. The molecule has 1 N–H and O–H groups in total. The molecule has 0 aromatic carbocycles. The van der Waals surface area contributed by atoms with Gasteiger partial charge in [0.1, 0.15) is 12.4 Å². The first-order valence-corrected chi connectivity index (χ1v) is 7.87. The molecule has 8 nitrogen and oxygen atoms in total. The summed E-state index contributed by atoms with van der Waals surface area (Å²) in [4.78, 5) is 6.86. The summed E-state index contributed by atoms with van der Waals surface area (Å²) < 4.78 is 3.79. The number of aromatic nitrogens is 5. The zero-order valence-electron chi connectivity index (χ0n) is 14.6. The molecular formula is C15H25IN8. The van der Waals surface area contributed by atoms with Crippen LogP contribution in [0.5, 0.6) is 0 Å². The predicted octanol–water partition coefficient (Wildman–Crippen LogP) is 1.22. The molecule has 24 heavy (non-hydrogen) atoms. The van der Waals surface area contributed by atoms with Crippen LogP contribution in [0.4, 0.5) is 0 Å². The van der Waals surface area contributed by atoms with Crippen molar-refractivity contribution in [1.29, 1.82) is 0 Å². The van der Waals surface area contributed by atoms with Gasteiger partial charge in [-0.1, -0.05) is 0 Å². The third-order valence-corrected chi connectivity index (χ3v) is 4.00. The number of hydrogen-bond donors (Lipinski definition) is 1. The van der Waals surface area contributed by atoms with Crippen LogP contribution in [0, 0.1) is 6.92 Å². The summed E-state index contributed by atoms with van der Waals surface area (Å²) in [5.41, 5.74) is 1.16. The minimum absolute atomic E-state index is 0. The van der Waals surface area contributed by atoms with E-state index in [0.717, 1.165) is 29.7 Å². The molecular weight excluding hydrogens is 419 g/mol. The summed E-state index contributed by atoms with van der Waals surface area (Å²) in [6.45, 7) is 3.23. The van der Waals surface area contributed by atoms with Crippen molar-refractivity contribution < 1.29 is 0 Å². The molecule has 0 spiro atoms. The van der Waals surface area contributed by atoms with Gasteiger partial charge in [0.2, 0.25) is 0 Å². The van der Waals surface area contributed by atoms with E-state index in [9.17, 15) is 0 Å². The van der Waals surface area contributed by atoms with Crippen LogP contribution in [0.15, 0.2) is 17.4 Å². The zero-order valence-corrected chi connectivity index (χ0v) is 16.9. The first kappa shape index (κ1) is 18.7. The summed E-state index contributed by atoms with van der Waals surface area (Å²) in [6.07, 6.45) is 6.33. The SMILES string of the molecule is Cc1nnc(CN=C(NC2CC2)N(C)Cc2cnn(C)c2)n1C.I. The van der Waals surface area contributed by atoms with Crippen LogP contribution in [0.3, 0.4) is 0 Å². The van der Waals surface area contributed by atoms with E-state index in [1.54, 1.807) is 0 Å². The van der Waals surface area contributed by atoms with Crippen LogP contribution >= 0.6 is 24.0 Å². The molecule has 0 saturated heterocycles. The maximum Gasteiger partial charge on any atom is 0.194 e. The Kier molecular flexibility index (Phi) is 6.19. The lowest BCUT2D eigenvalue weighted by molar-refractivity contribution is 0.473. The number of aryl methyl sites for hydroxylation is 2. The Bertz CT molecular complexity index is 700. The van der Waals surface area contributed by atoms with E-state index in [0.29, 0.717) is 12.6 Å². The molecule has 2 aromatic rings. The number of halogens is 1. The van der Waals surface area contributed by atoms with Gasteiger partial charge in [0.25, 0.3) is 0 Å². The predicted molar refractivity (Wildman–Crippen MR) is 103 cm³/mol. The van der Waals surface area contributed by atoms with Crippen LogP contribution in [-0.2, 0) is 27.2 Å². The van der Waals surface area contributed by atoms with Gasteiger partial charge in [0.15, 0.2) is 11.8 Å². The Labute approximate surface area is 159 Å². The third kappa shape index (κ3) is 4.68. The van der Waals surface area contributed by atoms with Crippen LogP contribution in [0.25, 0.3) is 0 Å². The fraction of sp³-hybridized carbons (Fsp3) is 0.600. The second-order valence-electron chi connectivity index (χ2n) is 6.16. The minimum atomic E-state index is 0. The van der Waals surface area contributed by atoms with Gasteiger partial charge in [-0.15, -0.1) is 34.2 Å². The molecule has 9 heteroatoms. The molecule has 0 bridgehead atoms. The molecule has 2 heterocycles. The van der Waals surface area contributed by atoms with E-state index in [-0.39, 0.29) is 24.0 Å². The normalized spacial score (nSPS) is 14.4. The van der Waals surface area contributed by atoms with Gasteiger partial charge in [0, 0.05) is 45.5 Å². The van der Waals surface area contributed by atoms with Crippen molar-refractivity contribution in [2.75, 3.05) is 7.05 Å². The van der Waals surface area contributed by atoms with Gasteiger partial charge >= 0.3 is 0 Å². The first-order valence-electron chi connectivity index (χ1n) is 7.87. The van der Waals surface area contributed by atoms with Crippen LogP contribution < -0.4 is 5.32 Å². The van der Waals surface area contributed by atoms with Gasteiger partial charge in [-0.05, 0) is 19.8 Å². The molecule has 0 unspecified atom stereocenters. The second kappa shape index (κ2) is 7.95. The average molecular weight is 444 g/mol. The highest BCUT2D eigenvalue weighted by Crippen LogP contribution is 2.19. The Hall–Kier alpha value is -1.65. The van der Waals surface area contributed by atoms with E-state index >= 15 is 0 Å². The fourth-order valence-electron chi connectivity index (χ4n) is 2.32. The topological polar surface area (TPSA) is 76.2 Å². The Morgan fingerprint density at radius 3 is 2.67 bits per heavy atom. The highest BCUT2D eigenvalue weighted by Gasteiger charge is 2.24. The van der Waals surface area contributed by atoms with Gasteiger partial charge in [-0.3, -0.25) is 4.68 Å². The van der Waals surface area contributed by atoms with E-state index in [2.05, 4.69) is 25.5 Å². The summed E-state index contributed by atoms with van der Waals surface area (Å²) >= 11 is 0. The van der Waals surface area contributed by atoms with Crippen molar-refractivity contribution in [3.8, 4) is 0 Å². The molecule has 2 aromatic heterocycles.